The summed E-state index contributed by atoms with van der Waals surface area (Å²) in [5, 5.41) is 9.39. The van der Waals surface area contributed by atoms with Crippen LogP contribution in [0.5, 0.6) is 5.75 Å². The van der Waals surface area contributed by atoms with Gasteiger partial charge in [0.2, 0.25) is 0 Å². The Labute approximate surface area is 116 Å². The maximum absolute atomic E-state index is 12.7. The summed E-state index contributed by atoms with van der Waals surface area (Å²) in [5.74, 6) is -0.449. The van der Waals surface area contributed by atoms with E-state index in [0.29, 0.717) is 5.69 Å². The molecule has 0 spiro atoms. The summed E-state index contributed by atoms with van der Waals surface area (Å²) < 4.78 is 12.7. The Morgan fingerprint density at radius 3 is 2.55 bits per heavy atom. The lowest BCUT2D eigenvalue weighted by molar-refractivity contribution is -0.113. The molecule has 0 aromatic heterocycles. The fourth-order valence-corrected chi connectivity index (χ4v) is 1.68. The molecule has 2 rings (SSSR count). The van der Waals surface area contributed by atoms with Crippen LogP contribution < -0.4 is 4.90 Å². The number of hydrogen-bond donors (Lipinski definition) is 1. The Hall–Kier alpha value is -2.62. The van der Waals surface area contributed by atoms with Crippen LogP contribution in [0.2, 0.25) is 0 Å². The number of phenolic OH excluding ortho intramolecular Hbond substituents is 1. The van der Waals surface area contributed by atoms with Crippen molar-refractivity contribution in [3.8, 4) is 5.75 Å². The van der Waals surface area contributed by atoms with Gasteiger partial charge in [-0.1, -0.05) is 18.2 Å². The molecular weight excluding hydrogens is 257 g/mol. The molecule has 3 nitrogen and oxygen atoms in total. The Morgan fingerprint density at radius 2 is 1.90 bits per heavy atom. The number of anilines is 1. The fourth-order valence-electron chi connectivity index (χ4n) is 1.68. The molecule has 2 aromatic rings. The smallest absolute Gasteiger partial charge is 0.250 e. The van der Waals surface area contributed by atoms with E-state index in [9.17, 15) is 14.3 Å². The fraction of sp³-hybridized carbons (Fsp3) is 0.0625. The van der Waals surface area contributed by atoms with E-state index in [-0.39, 0.29) is 17.5 Å². The summed E-state index contributed by atoms with van der Waals surface area (Å²) in [6, 6.07) is 12.3. The van der Waals surface area contributed by atoms with E-state index >= 15 is 0 Å². The Balaban J connectivity index is 2.09. The van der Waals surface area contributed by atoms with Crippen molar-refractivity contribution in [2.75, 3.05) is 11.9 Å². The molecule has 0 aliphatic rings. The molecule has 0 unspecified atom stereocenters. The highest BCUT2D eigenvalue weighted by Crippen LogP contribution is 2.19. The molecule has 0 saturated heterocycles. The molecule has 4 heteroatoms. The van der Waals surface area contributed by atoms with Crippen LogP contribution in [0.3, 0.4) is 0 Å². The number of aromatic hydroxyl groups is 1. The van der Waals surface area contributed by atoms with Crippen LogP contribution in [0, 0.1) is 5.82 Å². The van der Waals surface area contributed by atoms with Crippen LogP contribution in [0.4, 0.5) is 10.1 Å². The van der Waals surface area contributed by atoms with Gasteiger partial charge in [-0.15, -0.1) is 0 Å². The van der Waals surface area contributed by atoms with E-state index in [1.165, 1.54) is 35.2 Å². The van der Waals surface area contributed by atoms with Crippen LogP contribution in [0.15, 0.2) is 54.6 Å². The molecule has 0 aliphatic heterocycles. The first-order valence-electron chi connectivity index (χ1n) is 6.06. The van der Waals surface area contributed by atoms with Gasteiger partial charge in [0.15, 0.2) is 0 Å². The SMILES string of the molecule is CN(C(=O)/C=C/c1ccc(F)cc1)c1cccc(O)c1. The van der Waals surface area contributed by atoms with Crippen molar-refractivity contribution < 1.29 is 14.3 Å². The normalized spacial score (nSPS) is 10.7. The van der Waals surface area contributed by atoms with Gasteiger partial charge in [0.1, 0.15) is 11.6 Å². The quantitative estimate of drug-likeness (QED) is 0.871. The predicted molar refractivity (Wildman–Crippen MR) is 77.0 cm³/mol. The monoisotopic (exact) mass is 271 g/mol. The molecule has 0 aliphatic carbocycles. The van der Waals surface area contributed by atoms with E-state index in [0.717, 1.165) is 5.56 Å². The van der Waals surface area contributed by atoms with Gasteiger partial charge in [-0.2, -0.15) is 0 Å². The number of halogens is 1. The molecule has 0 fully saturated rings. The number of carbonyl (C=O) groups excluding carboxylic acids is 1. The predicted octanol–water partition coefficient (Wildman–Crippen LogP) is 3.21. The first-order valence-corrected chi connectivity index (χ1v) is 6.06. The summed E-state index contributed by atoms with van der Waals surface area (Å²) in [6.45, 7) is 0. The lowest BCUT2D eigenvalue weighted by Crippen LogP contribution is -2.23. The second-order valence-corrected chi connectivity index (χ2v) is 4.30. The maximum atomic E-state index is 12.7. The number of rotatable bonds is 3. The zero-order valence-electron chi connectivity index (χ0n) is 11.0. The number of phenols is 1. The van der Waals surface area contributed by atoms with Crippen LogP contribution in [0.1, 0.15) is 5.56 Å². The lowest BCUT2D eigenvalue weighted by Gasteiger charge is -2.15. The number of carbonyl (C=O) groups is 1. The standard InChI is InChI=1S/C16H14FNO2/c1-18(14-3-2-4-15(19)11-14)16(20)10-7-12-5-8-13(17)9-6-12/h2-11,19H,1H3/b10-7+. The minimum Gasteiger partial charge on any atom is -0.508 e. The summed E-state index contributed by atoms with van der Waals surface area (Å²) in [7, 11) is 1.62. The van der Waals surface area contributed by atoms with Crippen molar-refractivity contribution in [2.24, 2.45) is 0 Å². The van der Waals surface area contributed by atoms with Crippen molar-refractivity contribution in [1.29, 1.82) is 0 Å². The molecule has 2 aromatic carbocycles. The Morgan fingerprint density at radius 1 is 1.20 bits per heavy atom. The van der Waals surface area contributed by atoms with E-state index in [2.05, 4.69) is 0 Å². The summed E-state index contributed by atoms with van der Waals surface area (Å²) in [5.41, 5.74) is 1.34. The highest BCUT2D eigenvalue weighted by Gasteiger charge is 2.07. The Kier molecular flexibility index (Phi) is 4.15. The van der Waals surface area contributed by atoms with Gasteiger partial charge in [0.25, 0.3) is 5.91 Å². The van der Waals surface area contributed by atoms with Gasteiger partial charge in [-0.05, 0) is 35.9 Å². The van der Waals surface area contributed by atoms with Crippen LogP contribution in [0.25, 0.3) is 6.08 Å². The number of hydrogen-bond acceptors (Lipinski definition) is 2. The van der Waals surface area contributed by atoms with E-state index in [1.54, 1.807) is 37.4 Å². The van der Waals surface area contributed by atoms with Gasteiger partial charge >= 0.3 is 0 Å². The van der Waals surface area contributed by atoms with Crippen molar-refractivity contribution in [2.45, 2.75) is 0 Å². The second kappa shape index (κ2) is 6.02. The molecule has 0 atom stereocenters. The zero-order chi connectivity index (χ0) is 14.5. The molecule has 1 N–H and O–H groups in total. The first-order chi connectivity index (χ1) is 9.56. The third-order valence-electron chi connectivity index (χ3n) is 2.84. The maximum Gasteiger partial charge on any atom is 0.250 e. The number of nitrogens with zero attached hydrogens (tertiary/aromatic N) is 1. The van der Waals surface area contributed by atoms with Crippen molar-refractivity contribution >= 4 is 17.7 Å². The summed E-state index contributed by atoms with van der Waals surface area (Å²) in [6.07, 6.45) is 3.01. The third-order valence-corrected chi connectivity index (χ3v) is 2.84. The lowest BCUT2D eigenvalue weighted by atomic mass is 10.2. The minimum absolute atomic E-state index is 0.102. The molecule has 20 heavy (non-hydrogen) atoms. The van der Waals surface area contributed by atoms with Crippen molar-refractivity contribution in [3.05, 3.63) is 66.0 Å². The molecule has 1 amide bonds. The number of likely N-dealkylation sites (N-methyl/N-ethyl adjacent to an activating group) is 1. The van der Waals surface area contributed by atoms with Crippen LogP contribution in [-0.4, -0.2) is 18.1 Å². The molecule has 102 valence electrons. The van der Waals surface area contributed by atoms with Crippen molar-refractivity contribution in [3.63, 3.8) is 0 Å². The third kappa shape index (κ3) is 3.45. The van der Waals surface area contributed by atoms with Crippen molar-refractivity contribution in [1.82, 2.24) is 0 Å². The molecule has 0 bridgehead atoms. The molecule has 0 radical (unpaired) electrons. The molecule has 0 heterocycles. The summed E-state index contributed by atoms with van der Waals surface area (Å²) in [4.78, 5) is 13.4. The van der Waals surface area contributed by atoms with E-state index < -0.39 is 0 Å². The highest BCUT2D eigenvalue weighted by molar-refractivity contribution is 6.03. The number of benzene rings is 2. The van der Waals surface area contributed by atoms with Gasteiger partial charge in [-0.25, -0.2) is 4.39 Å². The van der Waals surface area contributed by atoms with E-state index in [4.69, 9.17) is 0 Å². The van der Waals surface area contributed by atoms with Gasteiger partial charge in [0.05, 0.1) is 0 Å². The van der Waals surface area contributed by atoms with Gasteiger partial charge < -0.3 is 10.0 Å². The minimum atomic E-state index is -0.314. The average molecular weight is 271 g/mol. The Bertz CT molecular complexity index is 635. The molecule has 0 saturated carbocycles. The largest absolute Gasteiger partial charge is 0.508 e. The first kappa shape index (κ1) is 13.8. The topological polar surface area (TPSA) is 40.5 Å². The zero-order valence-corrected chi connectivity index (χ0v) is 11.0. The highest BCUT2D eigenvalue weighted by atomic mass is 19.1. The number of amides is 1. The van der Waals surface area contributed by atoms with Crippen LogP contribution >= 0.6 is 0 Å². The summed E-state index contributed by atoms with van der Waals surface area (Å²) >= 11 is 0. The molecular formula is C16H14FNO2. The van der Waals surface area contributed by atoms with Gasteiger partial charge in [-0.3, -0.25) is 4.79 Å². The van der Waals surface area contributed by atoms with Crippen LogP contribution in [-0.2, 0) is 4.79 Å². The average Bonchev–Trinajstić information content (AvgIpc) is 2.45. The van der Waals surface area contributed by atoms with Gasteiger partial charge in [0, 0.05) is 24.9 Å². The second-order valence-electron chi connectivity index (χ2n) is 4.30. The van der Waals surface area contributed by atoms with E-state index in [1.807, 2.05) is 0 Å².